The van der Waals surface area contributed by atoms with Crippen LogP contribution in [0.3, 0.4) is 0 Å². The lowest BCUT2D eigenvalue weighted by Crippen LogP contribution is -2.34. The molecule has 1 aliphatic heterocycles. The molecule has 0 N–H and O–H groups in total. The van der Waals surface area contributed by atoms with Crippen LogP contribution in [0.25, 0.3) is 0 Å². The summed E-state index contributed by atoms with van der Waals surface area (Å²) in [6, 6.07) is 5.98. The molecule has 0 spiro atoms. The van der Waals surface area contributed by atoms with Crippen molar-refractivity contribution >= 4 is 5.78 Å². The monoisotopic (exact) mass is 272 g/mol. The van der Waals surface area contributed by atoms with E-state index in [4.69, 9.17) is 4.74 Å². The van der Waals surface area contributed by atoms with Gasteiger partial charge in [0.2, 0.25) is 0 Å². The molecule has 0 aromatic heterocycles. The van der Waals surface area contributed by atoms with Gasteiger partial charge in [-0.05, 0) is 48.9 Å². The topological polar surface area (TPSA) is 26.3 Å². The zero-order chi connectivity index (χ0) is 14.3. The highest BCUT2D eigenvalue weighted by Crippen LogP contribution is 2.42. The van der Waals surface area contributed by atoms with Crippen LogP contribution in [0.1, 0.15) is 62.4 Å². The van der Waals surface area contributed by atoms with E-state index in [1.54, 1.807) is 0 Å². The molecule has 1 aromatic carbocycles. The van der Waals surface area contributed by atoms with Crippen molar-refractivity contribution in [3.8, 4) is 5.75 Å². The van der Waals surface area contributed by atoms with E-state index in [0.29, 0.717) is 5.78 Å². The number of benzene rings is 1. The standard InChI is InChI=1S/C18H24O2/c1-12-10-14-11-13(7-8-16(14)20-12)17(19)15-6-4-5-9-18(15,2)3/h7-8,11-12,15H,4-6,9-10H2,1-3H3. The third kappa shape index (κ3) is 2.36. The Bertz CT molecular complexity index is 530. The van der Waals surface area contributed by atoms with E-state index in [-0.39, 0.29) is 17.4 Å². The van der Waals surface area contributed by atoms with Gasteiger partial charge in [-0.2, -0.15) is 0 Å². The van der Waals surface area contributed by atoms with Crippen molar-refractivity contribution in [3.05, 3.63) is 29.3 Å². The summed E-state index contributed by atoms with van der Waals surface area (Å²) in [5.74, 6) is 1.46. The third-order valence-electron chi connectivity index (χ3n) is 5.00. The Balaban J connectivity index is 1.86. The molecule has 2 aliphatic rings. The molecule has 2 unspecified atom stereocenters. The van der Waals surface area contributed by atoms with Crippen LogP contribution in [0, 0.1) is 11.3 Å². The number of rotatable bonds is 2. The number of fused-ring (bicyclic) bond motifs is 1. The average Bonchev–Trinajstić information content (AvgIpc) is 2.76. The SMILES string of the molecule is CC1Cc2cc(C(=O)C3CCCCC3(C)C)ccc2O1. The minimum Gasteiger partial charge on any atom is -0.490 e. The molecule has 0 bridgehead atoms. The molecule has 108 valence electrons. The highest BCUT2D eigenvalue weighted by molar-refractivity contribution is 5.98. The second kappa shape index (κ2) is 4.91. The van der Waals surface area contributed by atoms with Crippen molar-refractivity contribution in [1.29, 1.82) is 0 Å². The second-order valence-electron chi connectivity index (χ2n) is 7.11. The number of Topliss-reactive ketones (excluding diaryl/α,β-unsaturated/α-hetero) is 1. The molecule has 1 fully saturated rings. The van der Waals surface area contributed by atoms with Crippen LogP contribution < -0.4 is 4.74 Å². The molecule has 3 rings (SSSR count). The van der Waals surface area contributed by atoms with Crippen molar-refractivity contribution in [2.75, 3.05) is 0 Å². The minimum atomic E-state index is 0.137. The molecule has 0 radical (unpaired) electrons. The maximum Gasteiger partial charge on any atom is 0.166 e. The van der Waals surface area contributed by atoms with Gasteiger partial charge in [-0.1, -0.05) is 26.7 Å². The molecule has 2 atom stereocenters. The van der Waals surface area contributed by atoms with Crippen molar-refractivity contribution in [3.63, 3.8) is 0 Å². The lowest BCUT2D eigenvalue weighted by atomic mass is 9.66. The van der Waals surface area contributed by atoms with Crippen molar-refractivity contribution in [2.45, 2.75) is 59.0 Å². The van der Waals surface area contributed by atoms with Crippen molar-refractivity contribution in [2.24, 2.45) is 11.3 Å². The Morgan fingerprint density at radius 1 is 1.30 bits per heavy atom. The highest BCUT2D eigenvalue weighted by Gasteiger charge is 2.37. The lowest BCUT2D eigenvalue weighted by molar-refractivity contribution is 0.0697. The largest absolute Gasteiger partial charge is 0.490 e. The summed E-state index contributed by atoms with van der Waals surface area (Å²) in [7, 11) is 0. The van der Waals surface area contributed by atoms with Gasteiger partial charge in [0.25, 0.3) is 0 Å². The Kier molecular flexibility index (Phi) is 3.35. The van der Waals surface area contributed by atoms with Gasteiger partial charge < -0.3 is 4.74 Å². The molecule has 1 heterocycles. The van der Waals surface area contributed by atoms with Crippen molar-refractivity contribution < 1.29 is 9.53 Å². The van der Waals surface area contributed by atoms with Gasteiger partial charge in [0, 0.05) is 17.9 Å². The first-order valence-electron chi connectivity index (χ1n) is 7.81. The summed E-state index contributed by atoms with van der Waals surface area (Å²) in [5, 5.41) is 0. The van der Waals surface area contributed by atoms with Gasteiger partial charge in [0.05, 0.1) is 0 Å². The average molecular weight is 272 g/mol. The fourth-order valence-corrected chi connectivity index (χ4v) is 3.76. The quantitative estimate of drug-likeness (QED) is 0.745. The first-order valence-corrected chi connectivity index (χ1v) is 7.81. The Morgan fingerprint density at radius 3 is 2.85 bits per heavy atom. The summed E-state index contributed by atoms with van der Waals surface area (Å²) in [6.45, 7) is 6.56. The third-order valence-corrected chi connectivity index (χ3v) is 5.00. The van der Waals surface area contributed by atoms with Crippen LogP contribution in [0.4, 0.5) is 0 Å². The molecule has 2 nitrogen and oxygen atoms in total. The first-order chi connectivity index (χ1) is 9.47. The summed E-state index contributed by atoms with van der Waals surface area (Å²) >= 11 is 0. The fourth-order valence-electron chi connectivity index (χ4n) is 3.76. The first kappa shape index (κ1) is 13.7. The Morgan fingerprint density at radius 2 is 2.10 bits per heavy atom. The maximum atomic E-state index is 12.9. The lowest BCUT2D eigenvalue weighted by Gasteiger charge is -2.37. The molecule has 1 aromatic rings. The number of hydrogen-bond donors (Lipinski definition) is 0. The second-order valence-corrected chi connectivity index (χ2v) is 7.11. The van der Waals surface area contributed by atoms with Crippen molar-refractivity contribution in [1.82, 2.24) is 0 Å². The van der Waals surface area contributed by atoms with Gasteiger partial charge in [0.15, 0.2) is 5.78 Å². The van der Waals surface area contributed by atoms with Crippen LogP contribution in [0.15, 0.2) is 18.2 Å². The molecular formula is C18H24O2. The number of ketones is 1. The number of hydrogen-bond acceptors (Lipinski definition) is 2. The molecule has 1 aliphatic carbocycles. The van der Waals surface area contributed by atoms with Crippen LogP contribution in [-0.2, 0) is 6.42 Å². The zero-order valence-corrected chi connectivity index (χ0v) is 12.7. The predicted octanol–water partition coefficient (Wildman–Crippen LogP) is 4.41. The minimum absolute atomic E-state index is 0.137. The fraction of sp³-hybridized carbons (Fsp3) is 0.611. The van der Waals surface area contributed by atoms with Gasteiger partial charge in [-0.25, -0.2) is 0 Å². The van der Waals surface area contributed by atoms with E-state index >= 15 is 0 Å². The summed E-state index contributed by atoms with van der Waals surface area (Å²) < 4.78 is 5.72. The Hall–Kier alpha value is -1.31. The molecule has 20 heavy (non-hydrogen) atoms. The van der Waals surface area contributed by atoms with Crippen LogP contribution in [0.5, 0.6) is 5.75 Å². The van der Waals surface area contributed by atoms with Gasteiger partial charge in [-0.15, -0.1) is 0 Å². The van der Waals surface area contributed by atoms with E-state index < -0.39 is 0 Å². The maximum absolute atomic E-state index is 12.9. The number of ether oxygens (including phenoxy) is 1. The number of carbonyl (C=O) groups excluding carboxylic acids is 1. The van der Waals surface area contributed by atoms with Gasteiger partial charge in [0.1, 0.15) is 11.9 Å². The van der Waals surface area contributed by atoms with Crippen LogP contribution >= 0.6 is 0 Å². The number of carbonyl (C=O) groups is 1. The summed E-state index contributed by atoms with van der Waals surface area (Å²) in [6.07, 6.45) is 5.80. The van der Waals surface area contributed by atoms with E-state index in [1.807, 2.05) is 12.1 Å². The molecule has 1 saturated carbocycles. The summed E-state index contributed by atoms with van der Waals surface area (Å²) in [5.41, 5.74) is 2.20. The molecular weight excluding hydrogens is 248 g/mol. The van der Waals surface area contributed by atoms with E-state index in [2.05, 4.69) is 26.8 Å². The molecule has 0 saturated heterocycles. The normalized spacial score (nSPS) is 27.8. The molecule has 2 heteroatoms. The van der Waals surface area contributed by atoms with E-state index in [0.717, 1.165) is 30.6 Å². The predicted molar refractivity (Wildman–Crippen MR) is 80.3 cm³/mol. The highest BCUT2D eigenvalue weighted by atomic mass is 16.5. The summed E-state index contributed by atoms with van der Waals surface area (Å²) in [4.78, 5) is 12.9. The van der Waals surface area contributed by atoms with Crippen LogP contribution in [-0.4, -0.2) is 11.9 Å². The molecule has 0 amide bonds. The van der Waals surface area contributed by atoms with Gasteiger partial charge in [-0.3, -0.25) is 4.79 Å². The smallest absolute Gasteiger partial charge is 0.166 e. The zero-order valence-electron chi connectivity index (χ0n) is 12.7. The Labute approximate surface area is 121 Å². The van der Waals surface area contributed by atoms with E-state index in [1.165, 1.54) is 18.4 Å². The van der Waals surface area contributed by atoms with Gasteiger partial charge >= 0.3 is 0 Å². The van der Waals surface area contributed by atoms with E-state index in [9.17, 15) is 4.79 Å². The van der Waals surface area contributed by atoms with Crippen LogP contribution in [0.2, 0.25) is 0 Å².